The molecule has 1 aromatic carbocycles. The lowest BCUT2D eigenvalue weighted by Crippen LogP contribution is -2.17. The molecule has 2 aromatic rings. The fourth-order valence-corrected chi connectivity index (χ4v) is 2.21. The topological polar surface area (TPSA) is 53.1 Å². The minimum absolute atomic E-state index is 0.0864. The second-order valence-corrected chi connectivity index (χ2v) is 4.78. The van der Waals surface area contributed by atoms with E-state index in [-0.39, 0.29) is 6.04 Å². The van der Waals surface area contributed by atoms with Crippen molar-refractivity contribution in [3.05, 3.63) is 52.8 Å². The first-order valence-corrected chi connectivity index (χ1v) is 6.60. The molecule has 0 saturated carbocycles. The van der Waals surface area contributed by atoms with E-state index in [0.717, 1.165) is 11.3 Å². The standard InChI is InChI=1S/C14H18ClN3O/c1-19-8-7-18-14(12(15)10-17-18)9-13(16)11-5-3-2-4-6-11/h2-6,10,13H,7-9,16H2,1H3. The highest BCUT2D eigenvalue weighted by Gasteiger charge is 2.14. The number of nitrogens with zero attached hydrogens (tertiary/aromatic N) is 2. The number of methoxy groups -OCH3 is 1. The maximum Gasteiger partial charge on any atom is 0.0818 e. The summed E-state index contributed by atoms with van der Waals surface area (Å²) in [5.74, 6) is 0. The van der Waals surface area contributed by atoms with Crippen LogP contribution in [0.2, 0.25) is 5.02 Å². The summed E-state index contributed by atoms with van der Waals surface area (Å²) in [6.07, 6.45) is 2.32. The normalized spacial score (nSPS) is 12.6. The molecular weight excluding hydrogens is 262 g/mol. The van der Waals surface area contributed by atoms with Gasteiger partial charge in [-0.2, -0.15) is 5.10 Å². The van der Waals surface area contributed by atoms with Crippen LogP contribution in [0.4, 0.5) is 0 Å². The van der Waals surface area contributed by atoms with E-state index in [1.165, 1.54) is 0 Å². The molecule has 0 aliphatic heterocycles. The predicted molar refractivity (Wildman–Crippen MR) is 76.2 cm³/mol. The first kappa shape index (κ1) is 14.1. The Balaban J connectivity index is 2.12. The molecule has 0 aliphatic rings. The van der Waals surface area contributed by atoms with Gasteiger partial charge in [0.2, 0.25) is 0 Å². The first-order chi connectivity index (χ1) is 9.22. The quantitative estimate of drug-likeness (QED) is 0.883. The Hall–Kier alpha value is -1.36. The van der Waals surface area contributed by atoms with Crippen molar-refractivity contribution in [3.8, 4) is 0 Å². The third-order valence-corrected chi connectivity index (χ3v) is 3.36. The molecule has 1 heterocycles. The number of rotatable bonds is 6. The van der Waals surface area contributed by atoms with E-state index in [4.69, 9.17) is 22.1 Å². The molecule has 2 N–H and O–H groups in total. The van der Waals surface area contributed by atoms with Crippen molar-refractivity contribution in [2.75, 3.05) is 13.7 Å². The molecule has 0 radical (unpaired) electrons. The van der Waals surface area contributed by atoms with Gasteiger partial charge < -0.3 is 10.5 Å². The maximum absolute atomic E-state index is 6.22. The largest absolute Gasteiger partial charge is 0.383 e. The van der Waals surface area contributed by atoms with E-state index in [1.54, 1.807) is 13.3 Å². The lowest BCUT2D eigenvalue weighted by molar-refractivity contribution is 0.182. The van der Waals surface area contributed by atoms with Crippen LogP contribution in [0.15, 0.2) is 36.5 Å². The molecule has 0 aliphatic carbocycles. The van der Waals surface area contributed by atoms with Crippen molar-refractivity contribution in [1.29, 1.82) is 0 Å². The number of hydrogen-bond donors (Lipinski definition) is 1. The molecule has 19 heavy (non-hydrogen) atoms. The van der Waals surface area contributed by atoms with Gasteiger partial charge in [-0.05, 0) is 5.56 Å². The van der Waals surface area contributed by atoms with Gasteiger partial charge in [0.15, 0.2) is 0 Å². The molecule has 5 heteroatoms. The molecule has 1 unspecified atom stereocenters. The Labute approximate surface area is 118 Å². The van der Waals surface area contributed by atoms with Crippen LogP contribution < -0.4 is 5.73 Å². The third kappa shape index (κ3) is 3.56. The summed E-state index contributed by atoms with van der Waals surface area (Å²) in [4.78, 5) is 0. The molecule has 0 fully saturated rings. The second-order valence-electron chi connectivity index (χ2n) is 4.38. The highest BCUT2D eigenvalue weighted by atomic mass is 35.5. The summed E-state index contributed by atoms with van der Waals surface area (Å²) in [5, 5.41) is 4.90. The van der Waals surface area contributed by atoms with E-state index >= 15 is 0 Å². The van der Waals surface area contributed by atoms with Gasteiger partial charge in [0.05, 0.1) is 30.1 Å². The van der Waals surface area contributed by atoms with E-state index < -0.39 is 0 Å². The fourth-order valence-electron chi connectivity index (χ4n) is 1.99. The van der Waals surface area contributed by atoms with Crippen molar-refractivity contribution in [1.82, 2.24) is 9.78 Å². The lowest BCUT2D eigenvalue weighted by Gasteiger charge is -2.14. The van der Waals surface area contributed by atoms with Crippen molar-refractivity contribution in [2.45, 2.75) is 19.0 Å². The van der Waals surface area contributed by atoms with Gasteiger partial charge in [-0.15, -0.1) is 0 Å². The molecule has 0 bridgehead atoms. The van der Waals surface area contributed by atoms with E-state index in [9.17, 15) is 0 Å². The maximum atomic E-state index is 6.22. The molecule has 4 nitrogen and oxygen atoms in total. The van der Waals surface area contributed by atoms with Crippen LogP contribution in [0.3, 0.4) is 0 Å². The minimum Gasteiger partial charge on any atom is -0.383 e. The zero-order valence-electron chi connectivity index (χ0n) is 10.9. The minimum atomic E-state index is -0.0864. The van der Waals surface area contributed by atoms with Gasteiger partial charge >= 0.3 is 0 Å². The summed E-state index contributed by atoms with van der Waals surface area (Å²) in [5.41, 5.74) is 8.27. The Bertz CT molecular complexity index is 513. The number of ether oxygens (including phenoxy) is 1. The van der Waals surface area contributed by atoms with E-state index in [1.807, 2.05) is 35.0 Å². The molecule has 0 saturated heterocycles. The van der Waals surface area contributed by atoms with E-state index in [0.29, 0.717) is 24.6 Å². The van der Waals surface area contributed by atoms with Crippen molar-refractivity contribution in [2.24, 2.45) is 5.73 Å². The Kier molecular flexibility index (Phi) is 4.96. The Morgan fingerprint density at radius 2 is 2.11 bits per heavy atom. The van der Waals surface area contributed by atoms with Crippen LogP contribution in [0, 0.1) is 0 Å². The number of nitrogens with two attached hydrogens (primary N) is 1. The fraction of sp³-hybridized carbons (Fsp3) is 0.357. The van der Waals surface area contributed by atoms with Crippen LogP contribution in [0.25, 0.3) is 0 Å². The zero-order chi connectivity index (χ0) is 13.7. The third-order valence-electron chi connectivity index (χ3n) is 3.05. The average molecular weight is 280 g/mol. The number of halogens is 1. The van der Waals surface area contributed by atoms with Crippen LogP contribution in [-0.4, -0.2) is 23.5 Å². The van der Waals surface area contributed by atoms with Gasteiger partial charge in [-0.25, -0.2) is 0 Å². The van der Waals surface area contributed by atoms with E-state index in [2.05, 4.69) is 5.10 Å². The van der Waals surface area contributed by atoms with Gasteiger partial charge in [0.1, 0.15) is 0 Å². The van der Waals surface area contributed by atoms with Gasteiger partial charge in [-0.1, -0.05) is 41.9 Å². The highest BCUT2D eigenvalue weighted by molar-refractivity contribution is 6.31. The Morgan fingerprint density at radius 1 is 1.37 bits per heavy atom. The molecule has 2 rings (SSSR count). The summed E-state index contributed by atoms with van der Waals surface area (Å²) in [7, 11) is 1.67. The molecule has 0 spiro atoms. The SMILES string of the molecule is COCCn1ncc(Cl)c1CC(N)c1ccccc1. The average Bonchev–Trinajstić information content (AvgIpc) is 2.78. The zero-order valence-corrected chi connectivity index (χ0v) is 11.7. The van der Waals surface area contributed by atoms with Crippen molar-refractivity contribution in [3.63, 3.8) is 0 Å². The summed E-state index contributed by atoms with van der Waals surface area (Å²) in [6.45, 7) is 1.28. The Morgan fingerprint density at radius 3 is 2.79 bits per heavy atom. The van der Waals surface area contributed by atoms with Gasteiger partial charge in [-0.3, -0.25) is 4.68 Å². The smallest absolute Gasteiger partial charge is 0.0818 e. The molecule has 102 valence electrons. The van der Waals surface area contributed by atoms with Crippen LogP contribution in [0.5, 0.6) is 0 Å². The summed E-state index contributed by atoms with van der Waals surface area (Å²) < 4.78 is 6.92. The second kappa shape index (κ2) is 6.70. The first-order valence-electron chi connectivity index (χ1n) is 6.22. The van der Waals surface area contributed by atoms with Crippen molar-refractivity contribution < 1.29 is 4.74 Å². The molecule has 1 atom stereocenters. The monoisotopic (exact) mass is 279 g/mol. The number of hydrogen-bond acceptors (Lipinski definition) is 3. The van der Waals surface area contributed by atoms with Crippen molar-refractivity contribution >= 4 is 11.6 Å². The number of aromatic nitrogens is 2. The van der Waals surface area contributed by atoms with Crippen LogP contribution in [-0.2, 0) is 17.7 Å². The summed E-state index contributed by atoms with van der Waals surface area (Å²) >= 11 is 6.18. The molecular formula is C14H18ClN3O. The van der Waals surface area contributed by atoms with Crippen LogP contribution >= 0.6 is 11.6 Å². The van der Waals surface area contributed by atoms with Gasteiger partial charge in [0.25, 0.3) is 0 Å². The summed E-state index contributed by atoms with van der Waals surface area (Å²) in [6, 6.07) is 9.91. The lowest BCUT2D eigenvalue weighted by atomic mass is 10.0. The van der Waals surface area contributed by atoms with Crippen LogP contribution in [0.1, 0.15) is 17.3 Å². The number of benzene rings is 1. The van der Waals surface area contributed by atoms with Gasteiger partial charge in [0, 0.05) is 19.6 Å². The molecule has 0 amide bonds. The predicted octanol–water partition coefficient (Wildman–Crippen LogP) is 2.43. The highest BCUT2D eigenvalue weighted by Crippen LogP contribution is 2.22. The molecule has 1 aromatic heterocycles.